The number of nitrogens with one attached hydrogen (secondary N) is 1. The zero-order valence-electron chi connectivity index (χ0n) is 10.3. The zero-order valence-corrected chi connectivity index (χ0v) is 10.3. The molecular weight excluding hydrogens is 216 g/mol. The number of rotatable bonds is 4. The van der Waals surface area contributed by atoms with Gasteiger partial charge in [0.15, 0.2) is 0 Å². The minimum absolute atomic E-state index is 0.397. The highest BCUT2D eigenvalue weighted by molar-refractivity contribution is 5.31. The van der Waals surface area contributed by atoms with E-state index in [9.17, 15) is 0 Å². The van der Waals surface area contributed by atoms with Crippen molar-refractivity contribution in [3.63, 3.8) is 0 Å². The average molecular weight is 236 g/mol. The normalized spacial score (nSPS) is 16.8. The molecule has 0 spiro atoms. The molecule has 1 aromatic heterocycles. The highest BCUT2D eigenvalue weighted by atomic mass is 16.5. The van der Waals surface area contributed by atoms with Crippen molar-refractivity contribution >= 4 is 5.95 Å². The van der Waals surface area contributed by atoms with E-state index in [2.05, 4.69) is 15.4 Å². The molecule has 0 radical (unpaired) electrons. The van der Waals surface area contributed by atoms with E-state index in [1.54, 1.807) is 6.20 Å². The number of nitrogens with zero attached hydrogens (tertiary/aromatic N) is 2. The third kappa shape index (κ3) is 3.30. The Kier molecular flexibility index (Phi) is 4.14. The van der Waals surface area contributed by atoms with E-state index >= 15 is 0 Å². The monoisotopic (exact) mass is 236 g/mol. The lowest BCUT2D eigenvalue weighted by Gasteiger charge is -2.21. The third-order valence-electron chi connectivity index (χ3n) is 3.23. The standard InChI is InChI=1S/C12H20N4O/c1-9-7-14-12(16-13)15-11(9)17-8-10-5-3-2-4-6-10/h7,10H,2-6,8,13H2,1H3,(H,14,15,16). The van der Waals surface area contributed by atoms with Gasteiger partial charge in [0, 0.05) is 11.8 Å². The summed E-state index contributed by atoms with van der Waals surface area (Å²) in [4.78, 5) is 8.23. The number of ether oxygens (including phenoxy) is 1. The molecule has 1 heterocycles. The maximum absolute atomic E-state index is 5.77. The first kappa shape index (κ1) is 12.1. The Bertz CT molecular complexity index is 364. The summed E-state index contributed by atoms with van der Waals surface area (Å²) in [6.45, 7) is 2.69. The van der Waals surface area contributed by atoms with Crippen LogP contribution < -0.4 is 16.0 Å². The first-order chi connectivity index (χ1) is 8.29. The molecule has 1 aromatic rings. The van der Waals surface area contributed by atoms with Crippen molar-refractivity contribution in [3.8, 4) is 5.88 Å². The molecule has 94 valence electrons. The van der Waals surface area contributed by atoms with Gasteiger partial charge in [0.25, 0.3) is 0 Å². The highest BCUT2D eigenvalue weighted by Crippen LogP contribution is 2.25. The fraction of sp³-hybridized carbons (Fsp3) is 0.667. The average Bonchev–Trinajstić information content (AvgIpc) is 2.39. The van der Waals surface area contributed by atoms with E-state index in [1.165, 1.54) is 32.1 Å². The van der Waals surface area contributed by atoms with Crippen LogP contribution in [0.4, 0.5) is 5.95 Å². The molecule has 2 rings (SSSR count). The molecular formula is C12H20N4O. The molecule has 1 saturated carbocycles. The minimum atomic E-state index is 0.397. The van der Waals surface area contributed by atoms with E-state index < -0.39 is 0 Å². The SMILES string of the molecule is Cc1cnc(NN)nc1OCC1CCCCC1. The van der Waals surface area contributed by atoms with E-state index in [1.807, 2.05) is 6.92 Å². The van der Waals surface area contributed by atoms with Crippen LogP contribution in [0.1, 0.15) is 37.7 Å². The van der Waals surface area contributed by atoms with Gasteiger partial charge in [0.05, 0.1) is 6.61 Å². The van der Waals surface area contributed by atoms with Crippen LogP contribution >= 0.6 is 0 Å². The highest BCUT2D eigenvalue weighted by Gasteiger charge is 2.15. The van der Waals surface area contributed by atoms with Crippen molar-refractivity contribution in [2.45, 2.75) is 39.0 Å². The van der Waals surface area contributed by atoms with E-state index in [0.29, 0.717) is 17.7 Å². The molecule has 0 aromatic carbocycles. The molecule has 0 bridgehead atoms. The number of aryl methyl sites for hydroxylation is 1. The topological polar surface area (TPSA) is 73.1 Å². The Balaban J connectivity index is 1.92. The van der Waals surface area contributed by atoms with Crippen LogP contribution in [0.15, 0.2) is 6.20 Å². The summed E-state index contributed by atoms with van der Waals surface area (Å²) in [6, 6.07) is 0. The molecule has 1 fully saturated rings. The lowest BCUT2D eigenvalue weighted by atomic mass is 9.90. The van der Waals surface area contributed by atoms with Crippen molar-refractivity contribution in [3.05, 3.63) is 11.8 Å². The number of nitrogen functional groups attached to an aromatic ring is 1. The summed E-state index contributed by atoms with van der Waals surface area (Å²) in [5.74, 6) is 6.99. The fourth-order valence-electron chi connectivity index (χ4n) is 2.19. The number of nitrogens with two attached hydrogens (primary N) is 1. The van der Waals surface area contributed by atoms with Crippen LogP contribution in [0.2, 0.25) is 0 Å². The van der Waals surface area contributed by atoms with Gasteiger partial charge in [-0.3, -0.25) is 5.43 Å². The Hall–Kier alpha value is -1.36. The van der Waals surface area contributed by atoms with Gasteiger partial charge in [0.2, 0.25) is 11.8 Å². The maximum atomic E-state index is 5.77. The maximum Gasteiger partial charge on any atom is 0.240 e. The molecule has 0 aliphatic heterocycles. The first-order valence-electron chi connectivity index (χ1n) is 6.22. The summed E-state index contributed by atoms with van der Waals surface area (Å²) in [6.07, 6.45) is 8.28. The molecule has 1 aliphatic rings. The predicted molar refractivity (Wildman–Crippen MR) is 66.6 cm³/mol. The van der Waals surface area contributed by atoms with Gasteiger partial charge in [-0.2, -0.15) is 4.98 Å². The van der Waals surface area contributed by atoms with E-state index in [4.69, 9.17) is 10.6 Å². The van der Waals surface area contributed by atoms with Crippen LogP contribution in [0.5, 0.6) is 5.88 Å². The quantitative estimate of drug-likeness (QED) is 0.618. The third-order valence-corrected chi connectivity index (χ3v) is 3.23. The molecule has 5 nitrogen and oxygen atoms in total. The Labute approximate surface area is 102 Å². The van der Waals surface area contributed by atoms with Crippen LogP contribution in [0, 0.1) is 12.8 Å². The number of hydrogen-bond donors (Lipinski definition) is 2. The van der Waals surface area contributed by atoms with Crippen molar-refractivity contribution in [1.29, 1.82) is 0 Å². The zero-order chi connectivity index (χ0) is 12.1. The van der Waals surface area contributed by atoms with Crippen molar-refractivity contribution in [2.75, 3.05) is 12.0 Å². The van der Waals surface area contributed by atoms with Gasteiger partial charge in [0.1, 0.15) is 0 Å². The summed E-state index contributed by atoms with van der Waals surface area (Å²) in [7, 11) is 0. The summed E-state index contributed by atoms with van der Waals surface area (Å²) < 4.78 is 5.77. The number of hydrogen-bond acceptors (Lipinski definition) is 5. The van der Waals surface area contributed by atoms with Crippen LogP contribution in [0.3, 0.4) is 0 Å². The molecule has 1 aliphatic carbocycles. The largest absolute Gasteiger partial charge is 0.477 e. The molecule has 0 amide bonds. The van der Waals surface area contributed by atoms with Crippen molar-refractivity contribution in [2.24, 2.45) is 11.8 Å². The number of hydrazine groups is 1. The predicted octanol–water partition coefficient (Wildman–Crippen LogP) is 2.03. The van der Waals surface area contributed by atoms with E-state index in [0.717, 1.165) is 12.2 Å². The molecule has 5 heteroatoms. The fourth-order valence-corrected chi connectivity index (χ4v) is 2.19. The Morgan fingerprint density at radius 3 is 2.88 bits per heavy atom. The van der Waals surface area contributed by atoms with Crippen molar-refractivity contribution in [1.82, 2.24) is 9.97 Å². The van der Waals surface area contributed by atoms with Gasteiger partial charge >= 0.3 is 0 Å². The molecule has 3 N–H and O–H groups in total. The Morgan fingerprint density at radius 1 is 1.41 bits per heavy atom. The number of aromatic nitrogens is 2. The summed E-state index contributed by atoms with van der Waals surface area (Å²) in [5, 5.41) is 0. The summed E-state index contributed by atoms with van der Waals surface area (Å²) in [5.41, 5.74) is 3.37. The first-order valence-corrected chi connectivity index (χ1v) is 6.22. The lowest BCUT2D eigenvalue weighted by Crippen LogP contribution is -2.17. The Morgan fingerprint density at radius 2 is 2.18 bits per heavy atom. The van der Waals surface area contributed by atoms with Crippen LogP contribution in [0.25, 0.3) is 0 Å². The molecule has 0 saturated heterocycles. The molecule has 0 atom stereocenters. The van der Waals surface area contributed by atoms with Gasteiger partial charge < -0.3 is 4.74 Å². The van der Waals surface area contributed by atoms with Gasteiger partial charge in [-0.05, 0) is 25.7 Å². The van der Waals surface area contributed by atoms with E-state index in [-0.39, 0.29) is 0 Å². The van der Waals surface area contributed by atoms with Gasteiger partial charge in [-0.1, -0.05) is 19.3 Å². The molecule has 0 unspecified atom stereocenters. The van der Waals surface area contributed by atoms with Gasteiger partial charge in [-0.25, -0.2) is 10.8 Å². The molecule has 17 heavy (non-hydrogen) atoms. The second kappa shape index (κ2) is 5.82. The van der Waals surface area contributed by atoms with Crippen LogP contribution in [-0.2, 0) is 0 Å². The number of anilines is 1. The second-order valence-corrected chi connectivity index (χ2v) is 4.64. The summed E-state index contributed by atoms with van der Waals surface area (Å²) >= 11 is 0. The lowest BCUT2D eigenvalue weighted by molar-refractivity contribution is 0.202. The second-order valence-electron chi connectivity index (χ2n) is 4.64. The smallest absolute Gasteiger partial charge is 0.240 e. The van der Waals surface area contributed by atoms with Crippen LogP contribution in [-0.4, -0.2) is 16.6 Å². The van der Waals surface area contributed by atoms with Gasteiger partial charge in [-0.15, -0.1) is 0 Å². The van der Waals surface area contributed by atoms with Crippen molar-refractivity contribution < 1.29 is 4.74 Å². The minimum Gasteiger partial charge on any atom is -0.477 e.